The Kier molecular flexibility index (Phi) is 2.97. The molecule has 0 saturated carbocycles. The summed E-state index contributed by atoms with van der Waals surface area (Å²) in [6.07, 6.45) is 1.56. The molecule has 26 heavy (non-hydrogen) atoms. The third kappa shape index (κ3) is 1.54. The summed E-state index contributed by atoms with van der Waals surface area (Å²) < 4.78 is 12.0. The van der Waals surface area contributed by atoms with Gasteiger partial charge in [-0.1, -0.05) is 13.0 Å². The zero-order chi connectivity index (χ0) is 18.4. The van der Waals surface area contributed by atoms with Crippen LogP contribution in [0.1, 0.15) is 37.8 Å². The smallest absolute Gasteiger partial charge is 0.232 e. The summed E-state index contributed by atoms with van der Waals surface area (Å²) in [5, 5.41) is 0. The fraction of sp³-hybridized carbons (Fsp3) is 0.600. The third-order valence-electron chi connectivity index (χ3n) is 7.44. The molecule has 138 valence electrons. The molecule has 0 N–H and O–H groups in total. The lowest BCUT2D eigenvalue weighted by atomic mass is 9.46. The fourth-order valence-corrected chi connectivity index (χ4v) is 6.28. The summed E-state index contributed by atoms with van der Waals surface area (Å²) in [4.78, 5) is 29.1. The van der Waals surface area contributed by atoms with Gasteiger partial charge in [0.25, 0.3) is 0 Å². The van der Waals surface area contributed by atoms with Gasteiger partial charge in [-0.15, -0.1) is 0 Å². The van der Waals surface area contributed by atoms with Gasteiger partial charge in [0.15, 0.2) is 17.7 Å². The van der Waals surface area contributed by atoms with E-state index in [9.17, 15) is 9.59 Å². The Hall–Kier alpha value is -2.08. The summed E-state index contributed by atoms with van der Waals surface area (Å²) >= 11 is 0. The van der Waals surface area contributed by atoms with E-state index < -0.39 is 6.23 Å². The first-order chi connectivity index (χ1) is 12.3. The Labute approximate surface area is 153 Å². The van der Waals surface area contributed by atoms with Gasteiger partial charge >= 0.3 is 0 Å². The first kappa shape index (κ1) is 16.1. The number of benzene rings is 1. The van der Waals surface area contributed by atoms with Crippen molar-refractivity contribution in [3.63, 3.8) is 0 Å². The number of ether oxygens (including phenoxy) is 2. The Morgan fingerprint density at radius 2 is 2.15 bits per heavy atom. The largest absolute Gasteiger partial charge is 0.493 e. The van der Waals surface area contributed by atoms with Crippen molar-refractivity contribution >= 4 is 11.8 Å². The van der Waals surface area contributed by atoms with Crippen molar-refractivity contribution in [1.82, 2.24) is 9.80 Å². The number of hydrogen-bond donors (Lipinski definition) is 0. The number of nitrogens with zero attached hydrogens (tertiary/aromatic N) is 2. The lowest BCUT2D eigenvalue weighted by Crippen LogP contribution is -2.75. The second-order valence-electron chi connectivity index (χ2n) is 8.40. The Morgan fingerprint density at radius 1 is 1.38 bits per heavy atom. The molecule has 0 unspecified atom stereocenters. The number of imide groups is 1. The number of methoxy groups -OCH3 is 1. The zero-order valence-electron chi connectivity index (χ0n) is 15.7. The van der Waals surface area contributed by atoms with Crippen molar-refractivity contribution < 1.29 is 19.1 Å². The monoisotopic (exact) mass is 356 g/mol. The number of rotatable bonds is 1. The number of amides is 2. The molecule has 3 aliphatic heterocycles. The van der Waals surface area contributed by atoms with Crippen LogP contribution in [0.15, 0.2) is 12.1 Å². The summed E-state index contributed by atoms with van der Waals surface area (Å²) in [5.74, 6) is 1.04. The first-order valence-corrected chi connectivity index (χ1v) is 9.25. The number of piperidine rings is 2. The van der Waals surface area contributed by atoms with E-state index in [-0.39, 0.29) is 28.7 Å². The molecule has 1 aromatic carbocycles. The van der Waals surface area contributed by atoms with Crippen molar-refractivity contribution in [2.75, 3.05) is 20.7 Å². The SMILES string of the molecule is COc1ccc2c3c1O[C@H]1N(C(C)=O)C(=O)C[C@@]4(C)[C@@H](C2)N(C)CC[C@]314. The standard InChI is InChI=1S/C20H24N2O4/c1-11(23)22-15(24)10-19(2)14-9-12-5-6-13(25-4)17-16(12)20(19,18(22)26-17)7-8-21(14)3/h5-6,14,18H,7-10H2,1-4H3/t14-,18-,19+,20+/m1/s1. The van der Waals surface area contributed by atoms with Crippen LogP contribution < -0.4 is 9.47 Å². The summed E-state index contributed by atoms with van der Waals surface area (Å²) in [6.45, 7) is 4.60. The Morgan fingerprint density at radius 3 is 2.85 bits per heavy atom. The molecule has 1 spiro atoms. The number of likely N-dealkylation sites (tertiary alicyclic amines) is 2. The van der Waals surface area contributed by atoms with Crippen LogP contribution in [0.4, 0.5) is 0 Å². The first-order valence-electron chi connectivity index (χ1n) is 9.25. The minimum Gasteiger partial charge on any atom is -0.493 e. The van der Waals surface area contributed by atoms with Gasteiger partial charge in [0.2, 0.25) is 11.8 Å². The van der Waals surface area contributed by atoms with Crippen molar-refractivity contribution in [1.29, 1.82) is 0 Å². The molecule has 0 aromatic heterocycles. The van der Waals surface area contributed by atoms with Gasteiger partial charge in [-0.25, -0.2) is 4.90 Å². The van der Waals surface area contributed by atoms with Crippen molar-refractivity contribution in [2.24, 2.45) is 5.41 Å². The molecule has 1 aromatic rings. The molecule has 6 heteroatoms. The number of carbonyl (C=O) groups is 2. The van der Waals surface area contributed by atoms with Crippen molar-refractivity contribution in [2.45, 2.75) is 50.8 Å². The van der Waals surface area contributed by atoms with Crippen molar-refractivity contribution in [3.05, 3.63) is 23.3 Å². The summed E-state index contributed by atoms with van der Waals surface area (Å²) in [6, 6.07) is 4.33. The number of likely N-dealkylation sites (N-methyl/N-ethyl adjacent to an activating group) is 1. The molecule has 2 bridgehead atoms. The van der Waals surface area contributed by atoms with Crippen LogP contribution in [-0.2, 0) is 21.4 Å². The van der Waals surface area contributed by atoms with Gasteiger partial charge in [0, 0.05) is 30.4 Å². The molecule has 2 saturated heterocycles. The molecule has 0 radical (unpaired) electrons. The van der Waals surface area contributed by atoms with E-state index in [0.29, 0.717) is 12.2 Å². The Bertz CT molecular complexity index is 852. The molecule has 5 rings (SSSR count). The predicted octanol–water partition coefficient (Wildman–Crippen LogP) is 1.70. The summed E-state index contributed by atoms with van der Waals surface area (Å²) in [5.41, 5.74) is 1.81. The van der Waals surface area contributed by atoms with Crippen LogP contribution in [0, 0.1) is 5.41 Å². The normalized spacial score (nSPS) is 37.2. The van der Waals surface area contributed by atoms with Gasteiger partial charge in [0.1, 0.15) is 0 Å². The minimum absolute atomic E-state index is 0.129. The molecule has 1 aliphatic carbocycles. The fourth-order valence-electron chi connectivity index (χ4n) is 6.28. The maximum atomic E-state index is 13.0. The van der Waals surface area contributed by atoms with Crippen LogP contribution in [0.2, 0.25) is 0 Å². The lowest BCUT2D eigenvalue weighted by Gasteiger charge is -2.64. The summed E-state index contributed by atoms with van der Waals surface area (Å²) in [7, 11) is 3.78. The average molecular weight is 356 g/mol. The van der Waals surface area contributed by atoms with E-state index in [1.165, 1.54) is 23.0 Å². The molecule has 2 amide bonds. The molecule has 3 heterocycles. The molecular weight excluding hydrogens is 332 g/mol. The van der Waals surface area contributed by atoms with E-state index in [4.69, 9.17) is 9.47 Å². The minimum atomic E-state index is -0.576. The number of carbonyl (C=O) groups excluding carboxylic acids is 2. The van der Waals surface area contributed by atoms with E-state index in [1.807, 2.05) is 6.07 Å². The molecule has 2 fully saturated rings. The third-order valence-corrected chi connectivity index (χ3v) is 7.44. The van der Waals surface area contributed by atoms with Gasteiger partial charge in [0.05, 0.1) is 12.5 Å². The molecular formula is C20H24N2O4. The van der Waals surface area contributed by atoms with E-state index >= 15 is 0 Å². The molecule has 4 aliphatic rings. The maximum Gasteiger partial charge on any atom is 0.232 e. The van der Waals surface area contributed by atoms with Crippen molar-refractivity contribution in [3.8, 4) is 11.5 Å². The van der Waals surface area contributed by atoms with Crippen LogP contribution in [0.3, 0.4) is 0 Å². The van der Waals surface area contributed by atoms with Gasteiger partial charge in [-0.3, -0.25) is 9.59 Å². The topological polar surface area (TPSA) is 59.1 Å². The highest BCUT2D eigenvalue weighted by Gasteiger charge is 2.73. The van der Waals surface area contributed by atoms with Crippen LogP contribution in [0.5, 0.6) is 11.5 Å². The predicted molar refractivity (Wildman–Crippen MR) is 94.1 cm³/mol. The maximum absolute atomic E-state index is 13.0. The molecule has 4 atom stereocenters. The second-order valence-corrected chi connectivity index (χ2v) is 8.40. The highest BCUT2D eigenvalue weighted by atomic mass is 16.5. The quantitative estimate of drug-likeness (QED) is 0.767. The lowest BCUT2D eigenvalue weighted by molar-refractivity contribution is -0.189. The van der Waals surface area contributed by atoms with E-state index in [1.54, 1.807) is 7.11 Å². The van der Waals surface area contributed by atoms with Gasteiger partial charge in [-0.05, 0) is 38.1 Å². The van der Waals surface area contributed by atoms with Gasteiger partial charge < -0.3 is 14.4 Å². The van der Waals surface area contributed by atoms with Crippen LogP contribution in [0.25, 0.3) is 0 Å². The van der Waals surface area contributed by atoms with E-state index in [2.05, 4.69) is 24.9 Å². The zero-order valence-corrected chi connectivity index (χ0v) is 15.7. The molecule has 6 nitrogen and oxygen atoms in total. The highest BCUT2D eigenvalue weighted by molar-refractivity contribution is 5.96. The van der Waals surface area contributed by atoms with Crippen LogP contribution >= 0.6 is 0 Å². The van der Waals surface area contributed by atoms with Gasteiger partial charge in [-0.2, -0.15) is 0 Å². The number of hydrogen-bond acceptors (Lipinski definition) is 5. The average Bonchev–Trinajstić information content (AvgIpc) is 2.91. The van der Waals surface area contributed by atoms with Crippen LogP contribution in [-0.4, -0.2) is 54.6 Å². The second kappa shape index (κ2) is 4.80. The van der Waals surface area contributed by atoms with E-state index in [0.717, 1.165) is 25.1 Å². The highest BCUT2D eigenvalue weighted by Crippen LogP contribution is 2.68. The Balaban J connectivity index is 1.84.